The van der Waals surface area contributed by atoms with E-state index in [9.17, 15) is 19.5 Å². The number of hydrogen-bond acceptors (Lipinski definition) is 8. The van der Waals surface area contributed by atoms with E-state index in [4.69, 9.17) is 18.9 Å². The Bertz CT molecular complexity index is 1880. The summed E-state index contributed by atoms with van der Waals surface area (Å²) < 4.78 is 22.9. The van der Waals surface area contributed by atoms with E-state index in [-0.39, 0.29) is 32.2 Å². The van der Waals surface area contributed by atoms with Crippen molar-refractivity contribution in [3.05, 3.63) is 60.8 Å². The number of ether oxygens (including phenoxy) is 4. The summed E-state index contributed by atoms with van der Waals surface area (Å²) in [5, 5.41) is 11.9. The summed E-state index contributed by atoms with van der Waals surface area (Å²) in [4.78, 5) is 37.7. The Morgan fingerprint density at radius 2 is 0.553 bits per heavy atom. The monoisotopic (exact) mass is 1450 g/mol. The highest BCUT2D eigenvalue weighted by atomic mass is 16.7. The van der Waals surface area contributed by atoms with Crippen molar-refractivity contribution in [1.82, 2.24) is 0 Å². The van der Waals surface area contributed by atoms with E-state index >= 15 is 0 Å². The molecule has 0 spiro atoms. The molecular formula is C94H175NO8. The smallest absolute Gasteiger partial charge is 0.306 e. The molecule has 2 unspecified atom stereocenters. The molecule has 604 valence electrons. The second-order valence-corrected chi connectivity index (χ2v) is 32.2. The normalized spacial score (nSPS) is 12.8. The Morgan fingerprint density at radius 1 is 0.301 bits per heavy atom. The van der Waals surface area contributed by atoms with Gasteiger partial charge in [0.2, 0.25) is 0 Å². The molecule has 0 rings (SSSR count). The Labute approximate surface area is 641 Å². The first-order valence-corrected chi connectivity index (χ1v) is 45.4. The summed E-state index contributed by atoms with van der Waals surface area (Å²) in [5.74, 6) is -2.25. The summed E-state index contributed by atoms with van der Waals surface area (Å²) >= 11 is 0. The van der Waals surface area contributed by atoms with Gasteiger partial charge in [0.05, 0.1) is 40.3 Å². The zero-order valence-electron chi connectivity index (χ0n) is 69.5. The van der Waals surface area contributed by atoms with E-state index in [2.05, 4.69) is 74.6 Å². The van der Waals surface area contributed by atoms with Crippen LogP contribution in [-0.2, 0) is 33.3 Å². The van der Waals surface area contributed by atoms with Crippen molar-refractivity contribution in [1.29, 1.82) is 0 Å². The van der Waals surface area contributed by atoms with Crippen molar-refractivity contribution in [3.8, 4) is 0 Å². The maximum absolute atomic E-state index is 13.0. The molecule has 0 aliphatic heterocycles. The van der Waals surface area contributed by atoms with Gasteiger partial charge in [-0.25, -0.2) is 0 Å². The average molecular weight is 1450 g/mol. The van der Waals surface area contributed by atoms with E-state index < -0.39 is 24.3 Å². The van der Waals surface area contributed by atoms with E-state index in [1.165, 1.54) is 366 Å². The van der Waals surface area contributed by atoms with Crippen LogP contribution >= 0.6 is 0 Å². The molecule has 0 bridgehead atoms. The van der Waals surface area contributed by atoms with Crippen LogP contribution < -0.4 is 5.11 Å². The first-order chi connectivity index (χ1) is 50.6. The van der Waals surface area contributed by atoms with Gasteiger partial charge in [-0.3, -0.25) is 9.59 Å². The molecule has 0 aliphatic rings. The van der Waals surface area contributed by atoms with E-state index in [1.807, 2.05) is 21.1 Å². The summed E-state index contributed by atoms with van der Waals surface area (Å²) in [6.07, 6.45) is 111. The molecule has 103 heavy (non-hydrogen) atoms. The topological polar surface area (TPSA) is 111 Å². The van der Waals surface area contributed by atoms with Gasteiger partial charge in [-0.2, -0.15) is 0 Å². The number of quaternary nitrogens is 1. The number of nitrogens with zero attached hydrogens (tertiary/aromatic N) is 1. The van der Waals surface area contributed by atoms with Gasteiger partial charge in [0, 0.05) is 12.8 Å². The number of allylic oxidation sites excluding steroid dienone is 10. The lowest BCUT2D eigenvalue weighted by Gasteiger charge is -2.26. The minimum Gasteiger partial charge on any atom is -0.545 e. The van der Waals surface area contributed by atoms with Crippen molar-refractivity contribution in [2.45, 2.75) is 476 Å². The van der Waals surface area contributed by atoms with Crippen molar-refractivity contribution in [3.63, 3.8) is 0 Å². The molecule has 0 aliphatic carbocycles. The number of aliphatic carboxylic acids is 1. The first-order valence-electron chi connectivity index (χ1n) is 45.4. The molecule has 0 aromatic rings. The molecule has 0 saturated heterocycles. The van der Waals surface area contributed by atoms with E-state index in [0.717, 1.165) is 70.6 Å². The fraction of sp³-hybridized carbons (Fsp3) is 0.862. The minimum absolute atomic E-state index is 0.150. The fourth-order valence-corrected chi connectivity index (χ4v) is 13.9. The standard InChI is InChI=1S/C94H175NO8/c1-6-8-10-12-14-16-18-20-22-24-26-28-30-32-34-36-38-40-42-44-45-46-47-49-50-52-54-56-58-60-62-64-66-68-70-72-74-76-78-80-82-84-91(96)101-88-90(89-102-94(93(98)99)100-87-86-95(3,4)5)103-92(97)85-83-81-79-77-75-73-71-69-67-65-63-61-59-57-55-53-51-48-43-41-39-37-35-33-31-29-27-25-23-21-19-17-15-13-11-9-7-2/h9,11,15,17,21,23,27,29,33,35,90,94H,6-8,10,12-14,16,18-20,22,24-26,28,30-32,34,36-89H2,1-5H3/b11-9-,17-15-,23-21-,29-27-,35-33-. The van der Waals surface area contributed by atoms with Crippen LogP contribution in [0.1, 0.15) is 463 Å². The van der Waals surface area contributed by atoms with Crippen LogP contribution in [0, 0.1) is 0 Å². The van der Waals surface area contributed by atoms with E-state index in [1.54, 1.807) is 0 Å². The van der Waals surface area contributed by atoms with Gasteiger partial charge in [0.15, 0.2) is 12.4 Å². The molecule has 0 fully saturated rings. The number of carbonyl (C=O) groups is 3. The third-order valence-corrected chi connectivity index (χ3v) is 20.8. The van der Waals surface area contributed by atoms with Crippen molar-refractivity contribution >= 4 is 17.9 Å². The third kappa shape index (κ3) is 86.1. The molecule has 0 radical (unpaired) electrons. The van der Waals surface area contributed by atoms with Crippen molar-refractivity contribution < 1.29 is 42.9 Å². The predicted octanol–water partition coefficient (Wildman–Crippen LogP) is 28.4. The number of carboxylic acid groups (broad SMARTS) is 1. The molecule has 0 saturated carbocycles. The lowest BCUT2D eigenvalue weighted by molar-refractivity contribution is -0.870. The number of rotatable bonds is 86. The van der Waals surface area contributed by atoms with Crippen LogP contribution in [0.5, 0.6) is 0 Å². The zero-order chi connectivity index (χ0) is 74.6. The minimum atomic E-state index is -1.62. The molecule has 0 N–H and O–H groups in total. The molecule has 0 amide bonds. The highest BCUT2D eigenvalue weighted by Gasteiger charge is 2.22. The number of esters is 2. The molecule has 0 aromatic heterocycles. The third-order valence-electron chi connectivity index (χ3n) is 20.8. The number of hydrogen-bond donors (Lipinski definition) is 0. The molecular weight excluding hydrogens is 1270 g/mol. The molecule has 0 heterocycles. The van der Waals surface area contributed by atoms with Crippen molar-refractivity contribution in [2.24, 2.45) is 0 Å². The van der Waals surface area contributed by atoms with Crippen LogP contribution in [0.3, 0.4) is 0 Å². The Hall–Kier alpha value is -3.01. The second-order valence-electron chi connectivity index (χ2n) is 32.2. The van der Waals surface area contributed by atoms with E-state index in [0.29, 0.717) is 17.4 Å². The molecule has 0 aromatic carbocycles. The summed E-state index contributed by atoms with van der Waals surface area (Å²) in [7, 11) is 5.96. The van der Waals surface area contributed by atoms with Crippen molar-refractivity contribution in [2.75, 3.05) is 47.5 Å². The first kappa shape index (κ1) is 100.0. The Kier molecular flexibility index (Phi) is 82.1. The lowest BCUT2D eigenvalue weighted by atomic mass is 10.0. The van der Waals surface area contributed by atoms with Gasteiger partial charge in [0.1, 0.15) is 13.2 Å². The Morgan fingerprint density at radius 3 is 0.825 bits per heavy atom. The molecule has 2 atom stereocenters. The number of unbranched alkanes of at least 4 members (excludes halogenated alkanes) is 61. The van der Waals surface area contributed by atoms with Crippen LogP contribution in [0.25, 0.3) is 0 Å². The SMILES string of the molecule is CC/C=C\C/C=C\C/C=C\C/C=C\C/C=C\CCCCCCCCCCCCCCCCCCCCCCCC(=O)OC(COC(=O)CCCCCCCCCCCCCCCCCCCCCCCCCCCCCCCCCCCCCCCCCCC)COC(OCC[N+](C)(C)C)C(=O)[O-]. The highest BCUT2D eigenvalue weighted by molar-refractivity contribution is 5.70. The van der Waals surface area contributed by atoms with Crippen LogP contribution in [0.2, 0.25) is 0 Å². The van der Waals surface area contributed by atoms with Gasteiger partial charge >= 0.3 is 11.9 Å². The fourth-order valence-electron chi connectivity index (χ4n) is 13.9. The second kappa shape index (κ2) is 84.6. The summed E-state index contributed by atoms with van der Waals surface area (Å²) in [6, 6.07) is 0. The highest BCUT2D eigenvalue weighted by Crippen LogP contribution is 2.21. The van der Waals surface area contributed by atoms with Gasteiger partial charge in [-0.15, -0.1) is 0 Å². The van der Waals surface area contributed by atoms with Crippen LogP contribution in [-0.4, -0.2) is 82.3 Å². The lowest BCUT2D eigenvalue weighted by Crippen LogP contribution is -2.44. The number of carboxylic acids is 1. The molecule has 9 nitrogen and oxygen atoms in total. The van der Waals surface area contributed by atoms with Gasteiger partial charge < -0.3 is 33.3 Å². The van der Waals surface area contributed by atoms with Gasteiger partial charge in [0.25, 0.3) is 0 Å². The van der Waals surface area contributed by atoms with Crippen LogP contribution in [0.4, 0.5) is 0 Å². The predicted molar refractivity (Wildman–Crippen MR) is 445 cm³/mol. The maximum Gasteiger partial charge on any atom is 0.306 e. The number of likely N-dealkylation sites (N-methyl/N-ethyl adjacent to an activating group) is 1. The quantitative estimate of drug-likeness (QED) is 0.0195. The average Bonchev–Trinajstić information content (AvgIpc) is 1.16. The number of carbonyl (C=O) groups excluding carboxylic acids is 3. The molecule has 9 heteroatoms. The van der Waals surface area contributed by atoms with Gasteiger partial charge in [-0.1, -0.05) is 453 Å². The summed E-state index contributed by atoms with van der Waals surface area (Å²) in [5.41, 5.74) is 0. The van der Waals surface area contributed by atoms with Gasteiger partial charge in [-0.05, 0) is 57.8 Å². The maximum atomic E-state index is 13.0. The zero-order valence-corrected chi connectivity index (χ0v) is 69.5. The Balaban J connectivity index is 3.89. The summed E-state index contributed by atoms with van der Waals surface area (Å²) in [6.45, 7) is 4.72. The largest absolute Gasteiger partial charge is 0.545 e. The van der Waals surface area contributed by atoms with Crippen LogP contribution in [0.15, 0.2) is 60.8 Å².